The molecule has 3 aromatic rings. The van der Waals surface area contributed by atoms with Crippen LogP contribution in [0.3, 0.4) is 0 Å². The van der Waals surface area contributed by atoms with E-state index in [2.05, 4.69) is 54.7 Å². The molecule has 0 bridgehead atoms. The van der Waals surface area contributed by atoms with Gasteiger partial charge in [-0.15, -0.1) is 0 Å². The number of H-pyrrole nitrogens is 1. The van der Waals surface area contributed by atoms with Gasteiger partial charge in [-0.25, -0.2) is 4.98 Å². The summed E-state index contributed by atoms with van der Waals surface area (Å²) in [6.07, 6.45) is 3.41. The molecule has 1 aliphatic rings. The van der Waals surface area contributed by atoms with E-state index in [1.807, 2.05) is 6.07 Å². The Morgan fingerprint density at radius 3 is 3.04 bits per heavy atom. The van der Waals surface area contributed by atoms with Crippen LogP contribution >= 0.6 is 15.9 Å². The van der Waals surface area contributed by atoms with E-state index >= 15 is 0 Å². The van der Waals surface area contributed by atoms with Gasteiger partial charge in [-0.1, -0.05) is 18.2 Å². The van der Waals surface area contributed by atoms with Gasteiger partial charge in [0.1, 0.15) is 5.65 Å². The summed E-state index contributed by atoms with van der Waals surface area (Å²) in [6.45, 7) is 2.35. The van der Waals surface area contributed by atoms with Crippen molar-refractivity contribution in [2.45, 2.75) is 19.6 Å². The number of benzene rings is 1. The molecule has 0 saturated heterocycles. The standard InChI is InChI=1S/C17H15BrN4O/c18-13-4-14-15(9-21-16(14)20-8-13)17(23)22-5-10-1-2-11-6-19-7-12(11)3-10/h1-4,8-9,19H,5-7H2,(H,20,21)(H,22,23). The molecule has 6 heteroatoms. The topological polar surface area (TPSA) is 69.8 Å². The van der Waals surface area contributed by atoms with Gasteiger partial charge in [0.2, 0.25) is 0 Å². The maximum Gasteiger partial charge on any atom is 0.253 e. The minimum absolute atomic E-state index is 0.102. The Hall–Kier alpha value is -2.18. The van der Waals surface area contributed by atoms with E-state index in [0.29, 0.717) is 17.8 Å². The van der Waals surface area contributed by atoms with Gasteiger partial charge >= 0.3 is 0 Å². The Kier molecular flexibility index (Phi) is 3.63. The Bertz CT molecular complexity index is 903. The molecule has 3 N–H and O–H groups in total. The Morgan fingerprint density at radius 2 is 2.13 bits per heavy atom. The van der Waals surface area contributed by atoms with Gasteiger partial charge in [0.15, 0.2) is 0 Å². The van der Waals surface area contributed by atoms with Crippen LogP contribution in [0, 0.1) is 0 Å². The van der Waals surface area contributed by atoms with Crippen LogP contribution in [-0.4, -0.2) is 15.9 Å². The van der Waals surface area contributed by atoms with Crippen LogP contribution in [0.5, 0.6) is 0 Å². The molecule has 23 heavy (non-hydrogen) atoms. The molecule has 1 amide bonds. The largest absolute Gasteiger partial charge is 0.348 e. The second kappa shape index (κ2) is 5.79. The molecular formula is C17H15BrN4O. The lowest BCUT2D eigenvalue weighted by Gasteiger charge is -2.07. The van der Waals surface area contributed by atoms with E-state index < -0.39 is 0 Å². The average Bonchev–Trinajstić information content (AvgIpc) is 3.18. The first kappa shape index (κ1) is 14.4. The Balaban J connectivity index is 1.52. The highest BCUT2D eigenvalue weighted by molar-refractivity contribution is 9.10. The van der Waals surface area contributed by atoms with Gasteiger partial charge < -0.3 is 15.6 Å². The smallest absolute Gasteiger partial charge is 0.253 e. The molecule has 1 aliphatic heterocycles. The lowest BCUT2D eigenvalue weighted by Crippen LogP contribution is -2.22. The number of fused-ring (bicyclic) bond motifs is 2. The lowest BCUT2D eigenvalue weighted by molar-refractivity contribution is 0.0952. The third kappa shape index (κ3) is 2.75. The molecule has 1 aromatic carbocycles. The zero-order chi connectivity index (χ0) is 15.8. The maximum atomic E-state index is 12.5. The molecular weight excluding hydrogens is 356 g/mol. The third-order valence-electron chi connectivity index (χ3n) is 4.10. The summed E-state index contributed by atoms with van der Waals surface area (Å²) in [7, 11) is 0. The van der Waals surface area contributed by atoms with Gasteiger partial charge in [0, 0.05) is 41.9 Å². The number of amides is 1. The summed E-state index contributed by atoms with van der Waals surface area (Å²) in [5, 5.41) is 7.12. The molecule has 0 fully saturated rings. The third-order valence-corrected chi connectivity index (χ3v) is 4.53. The highest BCUT2D eigenvalue weighted by Gasteiger charge is 2.14. The van der Waals surface area contributed by atoms with E-state index in [9.17, 15) is 4.79 Å². The van der Waals surface area contributed by atoms with Crippen molar-refractivity contribution in [3.8, 4) is 0 Å². The summed E-state index contributed by atoms with van der Waals surface area (Å²) in [5.41, 5.74) is 5.09. The van der Waals surface area contributed by atoms with Crippen LogP contribution in [0.25, 0.3) is 11.0 Å². The molecule has 4 rings (SSSR count). The van der Waals surface area contributed by atoms with Gasteiger partial charge in [-0.3, -0.25) is 4.79 Å². The van der Waals surface area contributed by atoms with Crippen LogP contribution in [0.15, 0.2) is 41.1 Å². The molecule has 2 aromatic heterocycles. The number of nitrogens with one attached hydrogen (secondary N) is 3. The first-order chi connectivity index (χ1) is 11.2. The molecule has 0 aliphatic carbocycles. The lowest BCUT2D eigenvalue weighted by atomic mass is 10.1. The fourth-order valence-electron chi connectivity index (χ4n) is 2.90. The van der Waals surface area contributed by atoms with Crippen LogP contribution in [0.1, 0.15) is 27.0 Å². The summed E-state index contributed by atoms with van der Waals surface area (Å²) in [4.78, 5) is 19.7. The molecule has 116 valence electrons. The van der Waals surface area contributed by atoms with E-state index in [1.54, 1.807) is 12.4 Å². The van der Waals surface area contributed by atoms with Crippen LogP contribution < -0.4 is 10.6 Å². The van der Waals surface area contributed by atoms with E-state index in [0.717, 1.165) is 28.5 Å². The zero-order valence-corrected chi connectivity index (χ0v) is 13.9. The predicted octanol–water partition coefficient (Wildman–Crippen LogP) is 2.86. The molecule has 0 radical (unpaired) electrons. The van der Waals surface area contributed by atoms with Crippen molar-refractivity contribution in [1.82, 2.24) is 20.6 Å². The van der Waals surface area contributed by atoms with Crippen molar-refractivity contribution in [2.75, 3.05) is 0 Å². The van der Waals surface area contributed by atoms with E-state index in [-0.39, 0.29) is 5.91 Å². The monoisotopic (exact) mass is 370 g/mol. The van der Waals surface area contributed by atoms with Crippen molar-refractivity contribution < 1.29 is 4.79 Å². The SMILES string of the molecule is O=C(NCc1ccc2c(c1)CNC2)c1c[nH]c2ncc(Br)cc12. The second-order valence-corrected chi connectivity index (χ2v) is 6.56. The number of carbonyl (C=O) groups excluding carboxylic acids is 1. The van der Waals surface area contributed by atoms with Crippen molar-refractivity contribution in [3.63, 3.8) is 0 Å². The predicted molar refractivity (Wildman–Crippen MR) is 91.9 cm³/mol. The normalized spacial score (nSPS) is 13.3. The second-order valence-electron chi connectivity index (χ2n) is 5.64. The molecule has 3 heterocycles. The van der Waals surface area contributed by atoms with E-state index in [1.165, 1.54) is 11.1 Å². The van der Waals surface area contributed by atoms with Gasteiger partial charge in [0.05, 0.1) is 5.56 Å². The Labute approximate surface area is 141 Å². The number of aromatic nitrogens is 2. The number of pyridine rings is 1. The maximum absolute atomic E-state index is 12.5. The molecule has 0 saturated carbocycles. The minimum Gasteiger partial charge on any atom is -0.348 e. The van der Waals surface area contributed by atoms with Crippen molar-refractivity contribution in [1.29, 1.82) is 0 Å². The average molecular weight is 371 g/mol. The summed E-state index contributed by atoms with van der Waals surface area (Å²) in [6, 6.07) is 8.25. The summed E-state index contributed by atoms with van der Waals surface area (Å²) < 4.78 is 0.852. The first-order valence-electron chi connectivity index (χ1n) is 7.43. The quantitative estimate of drug-likeness (QED) is 0.663. The van der Waals surface area contributed by atoms with Crippen molar-refractivity contribution >= 4 is 32.9 Å². The number of hydrogen-bond donors (Lipinski definition) is 3. The fourth-order valence-corrected chi connectivity index (χ4v) is 3.23. The number of halogens is 1. The number of nitrogens with zero attached hydrogens (tertiary/aromatic N) is 1. The summed E-state index contributed by atoms with van der Waals surface area (Å²) >= 11 is 3.39. The molecule has 0 unspecified atom stereocenters. The first-order valence-corrected chi connectivity index (χ1v) is 8.22. The van der Waals surface area contributed by atoms with E-state index in [4.69, 9.17) is 0 Å². The molecule has 0 atom stereocenters. The molecule has 5 nitrogen and oxygen atoms in total. The van der Waals surface area contributed by atoms with Crippen LogP contribution in [0.2, 0.25) is 0 Å². The van der Waals surface area contributed by atoms with Crippen LogP contribution in [-0.2, 0) is 19.6 Å². The minimum atomic E-state index is -0.102. The number of hydrogen-bond acceptors (Lipinski definition) is 3. The van der Waals surface area contributed by atoms with Gasteiger partial charge in [0.25, 0.3) is 5.91 Å². The summed E-state index contributed by atoms with van der Waals surface area (Å²) in [5.74, 6) is -0.102. The number of aromatic amines is 1. The highest BCUT2D eigenvalue weighted by Crippen LogP contribution is 2.21. The number of rotatable bonds is 3. The Morgan fingerprint density at radius 1 is 1.26 bits per heavy atom. The van der Waals surface area contributed by atoms with Gasteiger partial charge in [-0.2, -0.15) is 0 Å². The van der Waals surface area contributed by atoms with Crippen molar-refractivity contribution in [2.24, 2.45) is 0 Å². The number of carbonyl (C=O) groups is 1. The zero-order valence-electron chi connectivity index (χ0n) is 12.3. The van der Waals surface area contributed by atoms with Crippen molar-refractivity contribution in [3.05, 3.63) is 63.4 Å². The highest BCUT2D eigenvalue weighted by atomic mass is 79.9. The van der Waals surface area contributed by atoms with Crippen LogP contribution in [0.4, 0.5) is 0 Å². The van der Waals surface area contributed by atoms with Gasteiger partial charge in [-0.05, 0) is 38.7 Å². The molecule has 0 spiro atoms. The fraction of sp³-hybridized carbons (Fsp3) is 0.176.